The van der Waals surface area contributed by atoms with Crippen molar-refractivity contribution in [2.45, 2.75) is 51.4 Å². The lowest BCUT2D eigenvalue weighted by Gasteiger charge is -2.22. The summed E-state index contributed by atoms with van der Waals surface area (Å²) in [5.74, 6) is -0.872. The summed E-state index contributed by atoms with van der Waals surface area (Å²) in [6.07, 6.45) is 1.49. The van der Waals surface area contributed by atoms with Crippen LogP contribution in [0.1, 0.15) is 32.3 Å². The number of ketones is 1. The van der Waals surface area contributed by atoms with Crippen LogP contribution in [0.3, 0.4) is 0 Å². The van der Waals surface area contributed by atoms with Gasteiger partial charge in [0, 0.05) is 31.5 Å². The molecule has 1 aromatic carbocycles. The number of ether oxygens (including phenoxy) is 3. The topological polar surface area (TPSA) is 131 Å². The number of carbonyl (C=O) groups excluding carboxylic acids is 3. The quantitative estimate of drug-likeness (QED) is 0.349. The maximum atomic E-state index is 12.9. The van der Waals surface area contributed by atoms with Crippen LogP contribution in [0.2, 0.25) is 0 Å². The minimum atomic E-state index is -1.01. The molecule has 0 aliphatic heterocycles. The number of methoxy groups -OCH3 is 2. The fourth-order valence-corrected chi connectivity index (χ4v) is 3.19. The van der Waals surface area contributed by atoms with Crippen LogP contribution >= 0.6 is 0 Å². The van der Waals surface area contributed by atoms with Crippen molar-refractivity contribution in [3.63, 3.8) is 0 Å². The van der Waals surface area contributed by atoms with Gasteiger partial charge < -0.3 is 29.9 Å². The molecular weight excluding hydrogens is 402 g/mol. The zero-order valence-corrected chi connectivity index (χ0v) is 18.2. The SMILES string of the molecule is COc1cccc2c(C[C@H](OC)C(=O)N[C@@H](CCC(=O)C=N)C(=O)OC(C)C)c[nH]c12. The summed E-state index contributed by atoms with van der Waals surface area (Å²) in [6.45, 7) is 3.39. The number of para-hydroxylation sites is 1. The van der Waals surface area contributed by atoms with Gasteiger partial charge >= 0.3 is 5.97 Å². The van der Waals surface area contributed by atoms with E-state index in [0.29, 0.717) is 12.0 Å². The van der Waals surface area contributed by atoms with Gasteiger partial charge in [-0.15, -0.1) is 0 Å². The Morgan fingerprint density at radius 2 is 1.97 bits per heavy atom. The summed E-state index contributed by atoms with van der Waals surface area (Å²) >= 11 is 0. The number of rotatable bonds is 12. The second kappa shape index (κ2) is 11.3. The average molecular weight is 431 g/mol. The number of aromatic nitrogens is 1. The van der Waals surface area contributed by atoms with Crippen molar-refractivity contribution in [1.29, 1.82) is 5.41 Å². The predicted molar refractivity (Wildman–Crippen MR) is 116 cm³/mol. The van der Waals surface area contributed by atoms with Crippen LogP contribution in [0.25, 0.3) is 10.9 Å². The second-order valence-corrected chi connectivity index (χ2v) is 7.32. The monoisotopic (exact) mass is 431 g/mol. The maximum absolute atomic E-state index is 12.9. The van der Waals surface area contributed by atoms with E-state index >= 15 is 0 Å². The zero-order chi connectivity index (χ0) is 23.0. The Labute approximate surface area is 180 Å². The first-order valence-corrected chi connectivity index (χ1v) is 10.0. The number of carbonyl (C=O) groups is 3. The number of benzene rings is 1. The van der Waals surface area contributed by atoms with Gasteiger partial charge in [-0.05, 0) is 31.9 Å². The molecule has 9 heteroatoms. The number of esters is 1. The molecule has 0 unspecified atom stereocenters. The molecular formula is C22H29N3O6. The van der Waals surface area contributed by atoms with E-state index in [9.17, 15) is 14.4 Å². The molecule has 0 fully saturated rings. The van der Waals surface area contributed by atoms with Crippen molar-refractivity contribution in [2.75, 3.05) is 14.2 Å². The number of amides is 1. The van der Waals surface area contributed by atoms with Crippen LogP contribution < -0.4 is 10.1 Å². The van der Waals surface area contributed by atoms with Crippen molar-refractivity contribution in [2.24, 2.45) is 0 Å². The third kappa shape index (κ3) is 6.39. The standard InChI is InChI=1S/C22H29N3O6/c1-13(2)31-22(28)17(9-8-15(26)11-23)25-21(27)19(30-4)10-14-12-24-20-16(14)6-5-7-18(20)29-3/h5-7,11-13,17,19,23-24H,8-10H2,1-4H3,(H,25,27)/t17-,19-/m0/s1. The fraction of sp³-hybridized carbons (Fsp3) is 0.455. The Morgan fingerprint density at radius 1 is 1.23 bits per heavy atom. The molecule has 1 heterocycles. The summed E-state index contributed by atoms with van der Waals surface area (Å²) in [5, 5.41) is 10.5. The lowest BCUT2D eigenvalue weighted by molar-refractivity contribution is -0.152. The smallest absolute Gasteiger partial charge is 0.328 e. The van der Waals surface area contributed by atoms with E-state index in [4.69, 9.17) is 19.6 Å². The van der Waals surface area contributed by atoms with Gasteiger partial charge in [0.1, 0.15) is 17.9 Å². The maximum Gasteiger partial charge on any atom is 0.328 e. The fourth-order valence-electron chi connectivity index (χ4n) is 3.19. The van der Waals surface area contributed by atoms with Crippen molar-refractivity contribution in [1.82, 2.24) is 10.3 Å². The molecule has 1 amide bonds. The van der Waals surface area contributed by atoms with E-state index in [1.807, 2.05) is 18.2 Å². The van der Waals surface area contributed by atoms with E-state index in [2.05, 4.69) is 10.3 Å². The minimum absolute atomic E-state index is 0.0340. The highest BCUT2D eigenvalue weighted by atomic mass is 16.5. The largest absolute Gasteiger partial charge is 0.495 e. The highest BCUT2D eigenvalue weighted by Gasteiger charge is 2.28. The molecule has 9 nitrogen and oxygen atoms in total. The van der Waals surface area contributed by atoms with Crippen LogP contribution in [-0.4, -0.2) is 61.3 Å². The number of aromatic amines is 1. The molecule has 2 aromatic rings. The van der Waals surface area contributed by atoms with Crippen LogP contribution in [-0.2, 0) is 30.3 Å². The first-order valence-electron chi connectivity index (χ1n) is 10.0. The van der Waals surface area contributed by atoms with Crippen LogP contribution in [0, 0.1) is 5.41 Å². The summed E-state index contributed by atoms with van der Waals surface area (Å²) in [6, 6.07) is 4.60. The molecule has 0 radical (unpaired) electrons. The summed E-state index contributed by atoms with van der Waals surface area (Å²) < 4.78 is 15.9. The number of H-pyrrole nitrogens is 1. The van der Waals surface area contributed by atoms with Crippen LogP contribution in [0.4, 0.5) is 0 Å². The molecule has 0 aliphatic carbocycles. The molecule has 1 aromatic heterocycles. The third-order valence-corrected chi connectivity index (χ3v) is 4.76. The first-order chi connectivity index (χ1) is 14.8. The Bertz CT molecular complexity index is 936. The van der Waals surface area contributed by atoms with Crippen molar-refractivity contribution >= 4 is 34.8 Å². The number of fused-ring (bicyclic) bond motifs is 1. The van der Waals surface area contributed by atoms with Gasteiger partial charge in [0.15, 0.2) is 5.78 Å². The third-order valence-electron chi connectivity index (χ3n) is 4.76. The van der Waals surface area contributed by atoms with E-state index in [1.165, 1.54) is 7.11 Å². The molecule has 0 saturated carbocycles. The Kier molecular flexibility index (Phi) is 8.75. The zero-order valence-electron chi connectivity index (χ0n) is 18.2. The summed E-state index contributed by atoms with van der Waals surface area (Å²) in [5.41, 5.74) is 1.68. The first kappa shape index (κ1) is 24.1. The molecule has 2 atom stereocenters. The Balaban J connectivity index is 2.15. The van der Waals surface area contributed by atoms with Crippen LogP contribution in [0.5, 0.6) is 5.75 Å². The predicted octanol–water partition coefficient (Wildman–Crippen LogP) is 2.17. The molecule has 2 rings (SSSR count). The van der Waals surface area contributed by atoms with Gasteiger partial charge in [-0.25, -0.2) is 4.79 Å². The van der Waals surface area contributed by atoms with Crippen LogP contribution in [0.15, 0.2) is 24.4 Å². The van der Waals surface area contributed by atoms with E-state index in [1.54, 1.807) is 27.2 Å². The van der Waals surface area contributed by atoms with Crippen molar-refractivity contribution < 1.29 is 28.6 Å². The highest BCUT2D eigenvalue weighted by molar-refractivity contribution is 6.26. The van der Waals surface area contributed by atoms with E-state index < -0.39 is 29.8 Å². The van der Waals surface area contributed by atoms with E-state index in [0.717, 1.165) is 16.5 Å². The lowest BCUT2D eigenvalue weighted by atomic mass is 10.0. The van der Waals surface area contributed by atoms with Gasteiger partial charge in [-0.1, -0.05) is 12.1 Å². The number of nitrogens with one attached hydrogen (secondary N) is 3. The number of Topliss-reactive ketones (excluding diaryl/α,β-unsaturated/α-hetero) is 1. The number of hydrogen-bond acceptors (Lipinski definition) is 7. The van der Waals surface area contributed by atoms with E-state index in [-0.39, 0.29) is 25.4 Å². The minimum Gasteiger partial charge on any atom is -0.495 e. The molecule has 168 valence electrons. The molecule has 3 N–H and O–H groups in total. The molecule has 0 aliphatic rings. The second-order valence-electron chi connectivity index (χ2n) is 7.32. The summed E-state index contributed by atoms with van der Waals surface area (Å²) in [4.78, 5) is 39.9. The average Bonchev–Trinajstić information content (AvgIpc) is 3.16. The van der Waals surface area contributed by atoms with Gasteiger partial charge in [-0.2, -0.15) is 0 Å². The number of hydrogen-bond donors (Lipinski definition) is 3. The molecule has 0 bridgehead atoms. The lowest BCUT2D eigenvalue weighted by Crippen LogP contribution is -2.48. The molecule has 31 heavy (non-hydrogen) atoms. The normalized spacial score (nSPS) is 12.9. The Hall–Kier alpha value is -3.20. The van der Waals surface area contributed by atoms with Gasteiger partial charge in [0.2, 0.25) is 5.91 Å². The van der Waals surface area contributed by atoms with Gasteiger partial charge in [0.25, 0.3) is 0 Å². The Morgan fingerprint density at radius 3 is 2.58 bits per heavy atom. The van der Waals surface area contributed by atoms with Gasteiger partial charge in [-0.3, -0.25) is 9.59 Å². The highest BCUT2D eigenvalue weighted by Crippen LogP contribution is 2.28. The van der Waals surface area contributed by atoms with Crippen molar-refractivity contribution in [3.05, 3.63) is 30.0 Å². The molecule has 0 spiro atoms. The van der Waals surface area contributed by atoms with Crippen molar-refractivity contribution in [3.8, 4) is 5.75 Å². The van der Waals surface area contributed by atoms with Gasteiger partial charge in [0.05, 0.1) is 24.9 Å². The summed E-state index contributed by atoms with van der Waals surface area (Å²) in [7, 11) is 3.00. The molecule has 0 saturated heterocycles.